The Hall–Kier alpha value is -1.65. The average Bonchev–Trinajstić information content (AvgIpc) is 2.97. The number of hydrogen-bond donors (Lipinski definition) is 0. The maximum atomic E-state index is 5.39. The second kappa shape index (κ2) is 5.77. The zero-order valence-electron chi connectivity index (χ0n) is 10.8. The van der Waals surface area contributed by atoms with Gasteiger partial charge in [0.15, 0.2) is 0 Å². The van der Waals surface area contributed by atoms with E-state index in [1.165, 1.54) is 0 Å². The first kappa shape index (κ1) is 13.3. The number of methoxy groups -OCH3 is 1. The van der Waals surface area contributed by atoms with E-state index in [1.54, 1.807) is 18.4 Å². The number of para-hydroxylation sites is 1. The molecular formula is C16H12BrNOS. The summed E-state index contributed by atoms with van der Waals surface area (Å²) >= 11 is 5.13. The van der Waals surface area contributed by atoms with Crippen LogP contribution < -0.4 is 4.74 Å². The molecule has 0 bridgehead atoms. The Bertz CT molecular complexity index is 739. The maximum Gasteiger partial charge on any atom is 0.128 e. The fraction of sp³-hybridized carbons (Fsp3) is 0.0625. The number of hydrogen-bond acceptors (Lipinski definition) is 3. The summed E-state index contributed by atoms with van der Waals surface area (Å²) in [6, 6.07) is 16.1. The number of rotatable bonds is 3. The highest BCUT2D eigenvalue weighted by molar-refractivity contribution is 9.10. The number of nitrogens with zero attached hydrogens (tertiary/aromatic N) is 1. The Kier molecular flexibility index (Phi) is 3.85. The van der Waals surface area contributed by atoms with E-state index in [2.05, 4.69) is 33.4 Å². The Morgan fingerprint density at radius 3 is 2.75 bits per heavy atom. The van der Waals surface area contributed by atoms with Crippen molar-refractivity contribution >= 4 is 27.3 Å². The van der Waals surface area contributed by atoms with Crippen molar-refractivity contribution in [2.45, 2.75) is 0 Å². The normalized spacial score (nSPS) is 10.5. The highest BCUT2D eigenvalue weighted by atomic mass is 79.9. The molecule has 0 aliphatic heterocycles. The molecule has 3 rings (SSSR count). The van der Waals surface area contributed by atoms with Crippen LogP contribution in [0.4, 0.5) is 0 Å². The minimum Gasteiger partial charge on any atom is -0.496 e. The minimum absolute atomic E-state index is 0.846. The van der Waals surface area contributed by atoms with Crippen LogP contribution in [0.25, 0.3) is 21.8 Å². The molecule has 0 unspecified atom stereocenters. The number of benzene rings is 2. The van der Waals surface area contributed by atoms with Crippen molar-refractivity contribution in [3.05, 3.63) is 58.4 Å². The molecule has 0 aliphatic rings. The summed E-state index contributed by atoms with van der Waals surface area (Å²) in [5.74, 6) is 0.846. The van der Waals surface area contributed by atoms with E-state index in [1.807, 2.05) is 36.4 Å². The first-order valence-corrected chi connectivity index (χ1v) is 7.80. The second-order valence-electron chi connectivity index (χ2n) is 4.25. The van der Waals surface area contributed by atoms with Gasteiger partial charge in [-0.15, -0.1) is 11.3 Å². The molecule has 0 fully saturated rings. The molecule has 0 aliphatic carbocycles. The van der Waals surface area contributed by atoms with Gasteiger partial charge in [-0.1, -0.05) is 40.2 Å². The highest BCUT2D eigenvalue weighted by Gasteiger charge is 2.10. The molecule has 20 heavy (non-hydrogen) atoms. The van der Waals surface area contributed by atoms with Crippen LogP contribution in [0.15, 0.2) is 58.4 Å². The summed E-state index contributed by atoms with van der Waals surface area (Å²) in [4.78, 5) is 4.72. The predicted octanol–water partition coefficient (Wildman–Crippen LogP) is 5.25. The molecule has 0 spiro atoms. The summed E-state index contributed by atoms with van der Waals surface area (Å²) in [6.07, 6.45) is 0. The lowest BCUT2D eigenvalue weighted by Crippen LogP contribution is -1.87. The summed E-state index contributed by atoms with van der Waals surface area (Å²) in [5, 5.41) is 3.07. The summed E-state index contributed by atoms with van der Waals surface area (Å²) in [6.45, 7) is 0. The molecule has 0 N–H and O–H groups in total. The van der Waals surface area contributed by atoms with E-state index in [0.717, 1.165) is 32.1 Å². The Labute approximate surface area is 130 Å². The lowest BCUT2D eigenvalue weighted by molar-refractivity contribution is 0.416. The SMILES string of the molecule is COc1ccccc1-c1csc(-c2cccc(Br)c2)n1. The topological polar surface area (TPSA) is 22.1 Å². The monoisotopic (exact) mass is 345 g/mol. The molecule has 2 aromatic carbocycles. The summed E-state index contributed by atoms with van der Waals surface area (Å²) in [7, 11) is 1.68. The van der Waals surface area contributed by atoms with E-state index >= 15 is 0 Å². The van der Waals surface area contributed by atoms with Gasteiger partial charge in [0.2, 0.25) is 0 Å². The van der Waals surface area contributed by atoms with Gasteiger partial charge in [0, 0.05) is 21.0 Å². The van der Waals surface area contributed by atoms with Gasteiger partial charge < -0.3 is 4.74 Å². The van der Waals surface area contributed by atoms with Crippen LogP contribution >= 0.6 is 27.3 Å². The van der Waals surface area contributed by atoms with Gasteiger partial charge in [-0.25, -0.2) is 4.98 Å². The van der Waals surface area contributed by atoms with Gasteiger partial charge in [-0.2, -0.15) is 0 Å². The van der Waals surface area contributed by atoms with Crippen molar-refractivity contribution in [1.29, 1.82) is 0 Å². The van der Waals surface area contributed by atoms with Gasteiger partial charge in [-0.3, -0.25) is 0 Å². The molecule has 1 aromatic heterocycles. The number of ether oxygens (including phenoxy) is 1. The molecule has 2 nitrogen and oxygen atoms in total. The van der Waals surface area contributed by atoms with Crippen molar-refractivity contribution in [2.75, 3.05) is 7.11 Å². The molecule has 4 heteroatoms. The molecule has 0 radical (unpaired) electrons. The standard InChI is InChI=1S/C16H12BrNOS/c1-19-15-8-3-2-7-13(15)14-10-20-16(18-14)11-5-4-6-12(17)9-11/h2-10H,1H3. The van der Waals surface area contributed by atoms with Crippen molar-refractivity contribution in [3.63, 3.8) is 0 Å². The van der Waals surface area contributed by atoms with E-state index in [-0.39, 0.29) is 0 Å². The van der Waals surface area contributed by atoms with Crippen LogP contribution in [-0.2, 0) is 0 Å². The molecule has 3 aromatic rings. The number of thiazole rings is 1. The van der Waals surface area contributed by atoms with Crippen molar-refractivity contribution < 1.29 is 4.74 Å². The molecule has 1 heterocycles. The van der Waals surface area contributed by atoms with Crippen LogP contribution in [0.3, 0.4) is 0 Å². The lowest BCUT2D eigenvalue weighted by atomic mass is 10.1. The number of halogens is 1. The van der Waals surface area contributed by atoms with Crippen LogP contribution in [0.5, 0.6) is 5.75 Å². The molecular weight excluding hydrogens is 334 g/mol. The van der Waals surface area contributed by atoms with Crippen LogP contribution in [0.2, 0.25) is 0 Å². The molecule has 0 atom stereocenters. The molecule has 0 saturated carbocycles. The Balaban J connectivity index is 2.02. The number of aromatic nitrogens is 1. The van der Waals surface area contributed by atoms with Crippen molar-refractivity contribution in [2.24, 2.45) is 0 Å². The highest BCUT2D eigenvalue weighted by Crippen LogP contribution is 2.34. The third-order valence-electron chi connectivity index (χ3n) is 2.96. The fourth-order valence-corrected chi connectivity index (χ4v) is 3.22. The zero-order valence-corrected chi connectivity index (χ0v) is 13.2. The van der Waals surface area contributed by atoms with Gasteiger partial charge in [0.1, 0.15) is 10.8 Å². The maximum absolute atomic E-state index is 5.39. The zero-order chi connectivity index (χ0) is 13.9. The van der Waals surface area contributed by atoms with E-state index in [0.29, 0.717) is 0 Å². The van der Waals surface area contributed by atoms with E-state index < -0.39 is 0 Å². The van der Waals surface area contributed by atoms with Gasteiger partial charge in [0.05, 0.1) is 12.8 Å². The van der Waals surface area contributed by atoms with E-state index in [4.69, 9.17) is 9.72 Å². The first-order chi connectivity index (χ1) is 9.78. The Morgan fingerprint density at radius 2 is 1.95 bits per heavy atom. The second-order valence-corrected chi connectivity index (χ2v) is 6.02. The summed E-state index contributed by atoms with van der Waals surface area (Å²) in [5.41, 5.74) is 3.08. The quantitative estimate of drug-likeness (QED) is 0.646. The van der Waals surface area contributed by atoms with Crippen molar-refractivity contribution in [3.8, 4) is 27.6 Å². The largest absolute Gasteiger partial charge is 0.496 e. The third-order valence-corrected chi connectivity index (χ3v) is 4.34. The van der Waals surface area contributed by atoms with Gasteiger partial charge in [0.25, 0.3) is 0 Å². The van der Waals surface area contributed by atoms with Crippen LogP contribution in [-0.4, -0.2) is 12.1 Å². The lowest BCUT2D eigenvalue weighted by Gasteiger charge is -2.04. The van der Waals surface area contributed by atoms with Gasteiger partial charge in [-0.05, 0) is 24.3 Å². The predicted molar refractivity (Wildman–Crippen MR) is 87.2 cm³/mol. The van der Waals surface area contributed by atoms with E-state index in [9.17, 15) is 0 Å². The summed E-state index contributed by atoms with van der Waals surface area (Å²) < 4.78 is 6.45. The molecule has 0 amide bonds. The first-order valence-electron chi connectivity index (χ1n) is 6.13. The fourth-order valence-electron chi connectivity index (χ4n) is 2.01. The molecule has 0 saturated heterocycles. The third kappa shape index (κ3) is 2.62. The van der Waals surface area contributed by atoms with Crippen molar-refractivity contribution in [1.82, 2.24) is 4.98 Å². The average molecular weight is 346 g/mol. The van der Waals surface area contributed by atoms with Crippen LogP contribution in [0.1, 0.15) is 0 Å². The van der Waals surface area contributed by atoms with Crippen LogP contribution in [0, 0.1) is 0 Å². The van der Waals surface area contributed by atoms with Gasteiger partial charge >= 0.3 is 0 Å². The minimum atomic E-state index is 0.846. The Morgan fingerprint density at radius 1 is 1.10 bits per heavy atom. The smallest absolute Gasteiger partial charge is 0.128 e. The molecule has 100 valence electrons.